The van der Waals surface area contributed by atoms with Crippen molar-refractivity contribution >= 4 is 17.2 Å². The second-order valence-corrected chi connectivity index (χ2v) is 6.76. The standard InChI is InChI=1S/C17H23NO2S/c1-3-17(8-4-5-9-17)16(20)18(2)12-15-11-14(13-21-15)7-6-10-19/h11,13,19H,3-5,8-10,12H2,1-2H3. The molecule has 0 unspecified atom stereocenters. The summed E-state index contributed by atoms with van der Waals surface area (Å²) in [6.07, 6.45) is 5.35. The molecule has 1 amide bonds. The van der Waals surface area contributed by atoms with Crippen LogP contribution in [-0.2, 0) is 11.3 Å². The number of rotatable bonds is 4. The summed E-state index contributed by atoms with van der Waals surface area (Å²) in [6.45, 7) is 2.65. The quantitative estimate of drug-likeness (QED) is 0.869. The fourth-order valence-corrected chi connectivity index (χ4v) is 4.02. The van der Waals surface area contributed by atoms with Crippen LogP contribution in [0.5, 0.6) is 0 Å². The van der Waals surface area contributed by atoms with Crippen LogP contribution in [-0.4, -0.2) is 29.6 Å². The van der Waals surface area contributed by atoms with E-state index in [4.69, 9.17) is 5.11 Å². The highest BCUT2D eigenvalue weighted by atomic mass is 32.1. The summed E-state index contributed by atoms with van der Waals surface area (Å²) in [5, 5.41) is 10.7. The Morgan fingerprint density at radius 1 is 1.48 bits per heavy atom. The van der Waals surface area contributed by atoms with Crippen molar-refractivity contribution in [3.63, 3.8) is 0 Å². The predicted octanol–water partition coefficient (Wildman–Crippen LogP) is 3.02. The van der Waals surface area contributed by atoms with Crippen molar-refractivity contribution in [1.29, 1.82) is 0 Å². The van der Waals surface area contributed by atoms with Crippen LogP contribution < -0.4 is 0 Å². The minimum atomic E-state index is -0.122. The second-order valence-electron chi connectivity index (χ2n) is 5.76. The summed E-state index contributed by atoms with van der Waals surface area (Å²) >= 11 is 1.62. The number of hydrogen-bond donors (Lipinski definition) is 1. The van der Waals surface area contributed by atoms with Gasteiger partial charge in [-0.3, -0.25) is 4.79 Å². The largest absolute Gasteiger partial charge is 0.384 e. The first-order chi connectivity index (χ1) is 10.1. The number of carbonyl (C=O) groups is 1. The maximum atomic E-state index is 12.8. The maximum absolute atomic E-state index is 12.8. The highest BCUT2D eigenvalue weighted by Crippen LogP contribution is 2.42. The van der Waals surface area contributed by atoms with E-state index in [1.807, 2.05) is 23.4 Å². The summed E-state index contributed by atoms with van der Waals surface area (Å²) < 4.78 is 0. The van der Waals surface area contributed by atoms with E-state index in [0.717, 1.165) is 29.7 Å². The summed E-state index contributed by atoms with van der Waals surface area (Å²) in [6, 6.07) is 2.00. The smallest absolute Gasteiger partial charge is 0.228 e. The first kappa shape index (κ1) is 16.1. The molecule has 4 heteroatoms. The molecule has 1 heterocycles. The Labute approximate surface area is 131 Å². The Balaban J connectivity index is 2.02. The molecule has 0 saturated heterocycles. The molecule has 1 aliphatic carbocycles. The Morgan fingerprint density at radius 2 is 2.19 bits per heavy atom. The molecule has 2 rings (SSSR count). The van der Waals surface area contributed by atoms with Gasteiger partial charge in [0.1, 0.15) is 6.61 Å². The van der Waals surface area contributed by atoms with Gasteiger partial charge in [0, 0.05) is 28.3 Å². The van der Waals surface area contributed by atoms with Crippen LogP contribution in [0.15, 0.2) is 11.4 Å². The van der Waals surface area contributed by atoms with E-state index in [9.17, 15) is 4.79 Å². The Kier molecular flexibility index (Phi) is 5.44. The summed E-state index contributed by atoms with van der Waals surface area (Å²) in [7, 11) is 1.90. The van der Waals surface area contributed by atoms with Crippen molar-refractivity contribution < 1.29 is 9.90 Å². The third-order valence-electron chi connectivity index (χ3n) is 4.40. The number of aliphatic hydroxyl groups excluding tert-OH is 1. The third kappa shape index (κ3) is 3.66. The molecule has 1 aliphatic rings. The molecular formula is C17H23NO2S. The fraction of sp³-hybridized carbons (Fsp3) is 0.588. The van der Waals surface area contributed by atoms with E-state index >= 15 is 0 Å². The lowest BCUT2D eigenvalue weighted by atomic mass is 9.82. The topological polar surface area (TPSA) is 40.5 Å². The SMILES string of the molecule is CCC1(C(=O)N(C)Cc2cc(C#CCO)cs2)CCCC1. The molecule has 114 valence electrons. The van der Waals surface area contributed by atoms with E-state index in [1.165, 1.54) is 12.8 Å². The fourth-order valence-electron chi connectivity index (χ4n) is 3.15. The number of nitrogens with zero attached hydrogens (tertiary/aromatic N) is 1. The van der Waals surface area contributed by atoms with Crippen LogP contribution in [0.3, 0.4) is 0 Å². The van der Waals surface area contributed by atoms with Gasteiger partial charge in [0.2, 0.25) is 5.91 Å². The molecule has 0 radical (unpaired) electrons. The molecule has 1 fully saturated rings. The van der Waals surface area contributed by atoms with Gasteiger partial charge in [0.15, 0.2) is 0 Å². The Hall–Kier alpha value is -1.31. The van der Waals surface area contributed by atoms with Crippen molar-refractivity contribution in [2.45, 2.75) is 45.6 Å². The second kappa shape index (κ2) is 7.11. The molecule has 1 N–H and O–H groups in total. The van der Waals surface area contributed by atoms with Crippen molar-refractivity contribution in [3.05, 3.63) is 21.9 Å². The summed E-state index contributed by atoms with van der Waals surface area (Å²) in [5.74, 6) is 5.83. The minimum Gasteiger partial charge on any atom is -0.384 e. The number of aliphatic hydroxyl groups is 1. The molecular weight excluding hydrogens is 282 g/mol. The van der Waals surface area contributed by atoms with Crippen molar-refractivity contribution in [3.8, 4) is 11.8 Å². The van der Waals surface area contributed by atoms with Gasteiger partial charge in [-0.15, -0.1) is 11.3 Å². The monoisotopic (exact) mass is 305 g/mol. The van der Waals surface area contributed by atoms with E-state index in [1.54, 1.807) is 11.3 Å². The normalized spacial score (nSPS) is 16.3. The Bertz CT molecular complexity index is 547. The van der Waals surface area contributed by atoms with Crippen LogP contribution in [0, 0.1) is 17.3 Å². The molecule has 0 spiro atoms. The van der Waals surface area contributed by atoms with Gasteiger partial charge in [-0.05, 0) is 25.3 Å². The van der Waals surface area contributed by atoms with Gasteiger partial charge in [-0.25, -0.2) is 0 Å². The Morgan fingerprint density at radius 3 is 2.81 bits per heavy atom. The lowest BCUT2D eigenvalue weighted by Crippen LogP contribution is -2.39. The average molecular weight is 305 g/mol. The van der Waals surface area contributed by atoms with E-state index in [2.05, 4.69) is 18.8 Å². The highest BCUT2D eigenvalue weighted by Gasteiger charge is 2.40. The molecule has 1 saturated carbocycles. The number of carbonyl (C=O) groups excluding carboxylic acids is 1. The van der Waals surface area contributed by atoms with E-state index < -0.39 is 0 Å². The lowest BCUT2D eigenvalue weighted by molar-refractivity contribution is -0.141. The van der Waals surface area contributed by atoms with Crippen LogP contribution in [0.1, 0.15) is 49.5 Å². The molecule has 0 aromatic carbocycles. The molecule has 0 aliphatic heterocycles. The van der Waals surface area contributed by atoms with E-state index in [0.29, 0.717) is 12.5 Å². The maximum Gasteiger partial charge on any atom is 0.228 e. The lowest BCUT2D eigenvalue weighted by Gasteiger charge is -2.31. The van der Waals surface area contributed by atoms with Gasteiger partial charge in [0.25, 0.3) is 0 Å². The molecule has 3 nitrogen and oxygen atoms in total. The van der Waals surface area contributed by atoms with E-state index in [-0.39, 0.29) is 12.0 Å². The average Bonchev–Trinajstić information content (AvgIpc) is 3.14. The molecule has 1 aromatic heterocycles. The summed E-state index contributed by atoms with van der Waals surface area (Å²) in [4.78, 5) is 15.8. The van der Waals surface area contributed by atoms with Gasteiger partial charge in [-0.1, -0.05) is 31.6 Å². The zero-order chi connectivity index (χ0) is 15.3. The third-order valence-corrected chi connectivity index (χ3v) is 5.32. The summed E-state index contributed by atoms with van der Waals surface area (Å²) in [5.41, 5.74) is 0.793. The van der Waals surface area contributed by atoms with Crippen LogP contribution >= 0.6 is 11.3 Å². The molecule has 0 bridgehead atoms. The predicted molar refractivity (Wildman–Crippen MR) is 85.9 cm³/mol. The van der Waals surface area contributed by atoms with Gasteiger partial charge < -0.3 is 10.0 Å². The number of amides is 1. The first-order valence-electron chi connectivity index (χ1n) is 7.54. The zero-order valence-corrected chi connectivity index (χ0v) is 13.6. The highest BCUT2D eigenvalue weighted by molar-refractivity contribution is 7.10. The van der Waals surface area contributed by atoms with Gasteiger partial charge in [0.05, 0.1) is 6.54 Å². The molecule has 21 heavy (non-hydrogen) atoms. The first-order valence-corrected chi connectivity index (χ1v) is 8.42. The number of hydrogen-bond acceptors (Lipinski definition) is 3. The van der Waals surface area contributed by atoms with Crippen LogP contribution in [0.4, 0.5) is 0 Å². The molecule has 1 aromatic rings. The van der Waals surface area contributed by atoms with Crippen LogP contribution in [0.25, 0.3) is 0 Å². The van der Waals surface area contributed by atoms with Gasteiger partial charge >= 0.3 is 0 Å². The number of thiophene rings is 1. The zero-order valence-electron chi connectivity index (χ0n) is 12.8. The van der Waals surface area contributed by atoms with Crippen LogP contribution in [0.2, 0.25) is 0 Å². The molecule has 0 atom stereocenters. The van der Waals surface area contributed by atoms with Gasteiger partial charge in [-0.2, -0.15) is 0 Å². The van der Waals surface area contributed by atoms with Crippen molar-refractivity contribution in [2.75, 3.05) is 13.7 Å². The van der Waals surface area contributed by atoms with Crippen molar-refractivity contribution in [2.24, 2.45) is 5.41 Å². The minimum absolute atomic E-state index is 0.120. The van der Waals surface area contributed by atoms with Crippen molar-refractivity contribution in [1.82, 2.24) is 4.90 Å².